The van der Waals surface area contributed by atoms with Crippen molar-refractivity contribution in [1.82, 2.24) is 14.5 Å². The molecule has 0 aliphatic carbocycles. The minimum atomic E-state index is -0.0787. The van der Waals surface area contributed by atoms with Gasteiger partial charge < -0.3 is 19.1 Å². The molecule has 4 heterocycles. The monoisotopic (exact) mass is 987 g/mol. The fraction of sp³-hybridized carbons (Fsp3) is 0.145. The van der Waals surface area contributed by atoms with Crippen LogP contribution in [0.2, 0.25) is 0 Å². The van der Waals surface area contributed by atoms with Crippen LogP contribution in [0.25, 0.3) is 49.9 Å². The van der Waals surface area contributed by atoms with E-state index in [4.69, 9.17) is 14.7 Å². The van der Waals surface area contributed by atoms with Crippen LogP contribution in [0.15, 0.2) is 164 Å². The molecule has 0 amide bonds. The number of ether oxygens (including phenoxy) is 1. The van der Waals surface area contributed by atoms with Crippen molar-refractivity contribution < 1.29 is 25.8 Å². The molecule has 9 aromatic rings. The predicted octanol–water partition coefficient (Wildman–Crippen LogP) is 14.3. The van der Waals surface area contributed by atoms with Crippen LogP contribution in [-0.2, 0) is 31.9 Å². The summed E-state index contributed by atoms with van der Waals surface area (Å²) in [6.45, 7) is 15.6. The molecule has 6 aromatic carbocycles. The fourth-order valence-corrected chi connectivity index (χ4v) is 8.29. The average Bonchev–Trinajstić information content (AvgIpc) is 3.82. The Bertz CT molecular complexity index is 3010. The molecule has 0 unspecified atom stereocenters. The summed E-state index contributed by atoms with van der Waals surface area (Å²) in [5.41, 5.74) is 11.7. The van der Waals surface area contributed by atoms with E-state index in [1.54, 1.807) is 0 Å². The molecule has 310 valence electrons. The molecule has 0 atom stereocenters. The van der Waals surface area contributed by atoms with Gasteiger partial charge in [-0.2, -0.15) is 12.1 Å². The molecule has 62 heavy (non-hydrogen) atoms. The second-order valence-corrected chi connectivity index (χ2v) is 17.7. The molecular weight excluding hydrogens is 942 g/mol. The van der Waals surface area contributed by atoms with Crippen molar-refractivity contribution in [1.29, 1.82) is 0 Å². The number of nitrogens with zero attached hydrogens (tertiary/aromatic N) is 5. The Labute approximate surface area is 378 Å². The maximum absolute atomic E-state index is 6.64. The molecule has 0 fully saturated rings. The third-order valence-electron chi connectivity index (χ3n) is 11.5. The van der Waals surface area contributed by atoms with Gasteiger partial charge in [0.15, 0.2) is 0 Å². The zero-order chi connectivity index (χ0) is 41.9. The van der Waals surface area contributed by atoms with Crippen LogP contribution in [0.5, 0.6) is 11.5 Å². The van der Waals surface area contributed by atoms with Crippen LogP contribution in [-0.4, -0.2) is 14.5 Å². The number of hydrogen-bond donors (Lipinski definition) is 0. The summed E-state index contributed by atoms with van der Waals surface area (Å²) in [5.74, 6) is 2.84. The van der Waals surface area contributed by atoms with Gasteiger partial charge in [-0.25, -0.2) is 9.97 Å². The summed E-state index contributed by atoms with van der Waals surface area (Å²) < 4.78 is 8.82. The van der Waals surface area contributed by atoms with E-state index in [2.05, 4.69) is 202 Å². The second-order valence-electron chi connectivity index (χ2n) is 17.7. The maximum atomic E-state index is 6.64. The summed E-state index contributed by atoms with van der Waals surface area (Å²) in [6.07, 6.45) is 3.76. The third-order valence-corrected chi connectivity index (χ3v) is 11.5. The number of rotatable bonds is 7. The smallest absolute Gasteiger partial charge is 0.135 e. The first kappa shape index (κ1) is 40.9. The van der Waals surface area contributed by atoms with E-state index in [9.17, 15) is 0 Å². The Morgan fingerprint density at radius 2 is 1.21 bits per heavy atom. The van der Waals surface area contributed by atoms with E-state index >= 15 is 0 Å². The Hall–Kier alpha value is -6.49. The molecule has 0 radical (unpaired) electrons. The van der Waals surface area contributed by atoms with Crippen molar-refractivity contribution in [3.8, 4) is 39.6 Å². The molecule has 0 saturated carbocycles. The molecule has 0 bridgehead atoms. The zero-order valence-electron chi connectivity index (χ0n) is 35.6. The van der Waals surface area contributed by atoms with E-state index in [-0.39, 0.29) is 31.9 Å². The van der Waals surface area contributed by atoms with Crippen molar-refractivity contribution in [3.63, 3.8) is 0 Å². The van der Waals surface area contributed by atoms with Crippen LogP contribution in [0.3, 0.4) is 0 Å². The molecule has 1 aliphatic rings. The van der Waals surface area contributed by atoms with Crippen LogP contribution < -0.4 is 14.5 Å². The number of fused-ring (bicyclic) bond motifs is 4. The second kappa shape index (κ2) is 16.1. The first-order chi connectivity index (χ1) is 29.5. The molecule has 7 heteroatoms. The van der Waals surface area contributed by atoms with Gasteiger partial charge in [0.2, 0.25) is 0 Å². The summed E-state index contributed by atoms with van der Waals surface area (Å²) in [4.78, 5) is 14.2. The fourth-order valence-electron chi connectivity index (χ4n) is 8.29. The molecule has 1 aliphatic heterocycles. The quantitative estimate of drug-likeness (QED) is 0.149. The molecule has 0 N–H and O–H groups in total. The van der Waals surface area contributed by atoms with Crippen molar-refractivity contribution >= 4 is 44.7 Å². The van der Waals surface area contributed by atoms with Gasteiger partial charge in [0, 0.05) is 67.3 Å². The van der Waals surface area contributed by atoms with Gasteiger partial charge in [-0.05, 0) is 80.9 Å². The number of aromatic nitrogens is 3. The topological polar surface area (TPSA) is 46.4 Å². The summed E-state index contributed by atoms with van der Waals surface area (Å²) in [6, 6.07) is 60.1. The molecule has 0 spiro atoms. The summed E-state index contributed by atoms with van der Waals surface area (Å²) in [7, 11) is 0. The van der Waals surface area contributed by atoms with Crippen LogP contribution >= 0.6 is 0 Å². The van der Waals surface area contributed by atoms with Gasteiger partial charge in [0.05, 0.1) is 5.69 Å². The van der Waals surface area contributed by atoms with E-state index in [1.165, 1.54) is 11.1 Å². The first-order valence-corrected chi connectivity index (χ1v) is 20.8. The molecule has 3 aromatic heterocycles. The molecular formula is C55H46N5OPt-3. The minimum absolute atomic E-state index is 0. The summed E-state index contributed by atoms with van der Waals surface area (Å²) >= 11 is 0. The SMILES string of the molecule is CC(C)(C)c1ccnc(-n2c3[c-]c(Oc4[c-]c(N5[CH-]N(c6c(-c7ccccc7)cc(C(C)(C)C)cc6-c6ccccc6)c6ncccc65)ccc4)ccc3c3ccccc32)c1.[Pt]. The number of benzene rings is 6. The average molecular weight is 988 g/mol. The normalized spacial score (nSPS) is 12.7. The van der Waals surface area contributed by atoms with Crippen LogP contribution in [0.4, 0.5) is 22.9 Å². The van der Waals surface area contributed by atoms with Gasteiger partial charge in [-0.3, -0.25) is 0 Å². The van der Waals surface area contributed by atoms with Gasteiger partial charge in [-0.15, -0.1) is 48.1 Å². The Morgan fingerprint density at radius 1 is 0.548 bits per heavy atom. The van der Waals surface area contributed by atoms with E-state index in [0.717, 1.165) is 72.8 Å². The number of pyridine rings is 2. The molecule has 10 rings (SSSR count). The zero-order valence-corrected chi connectivity index (χ0v) is 37.9. The molecule has 6 nitrogen and oxygen atoms in total. The Balaban J connectivity index is 0.00000490. The number of para-hydroxylation sites is 1. The third kappa shape index (κ3) is 7.47. The van der Waals surface area contributed by atoms with Crippen LogP contribution in [0.1, 0.15) is 52.7 Å². The van der Waals surface area contributed by atoms with Gasteiger partial charge >= 0.3 is 0 Å². The summed E-state index contributed by atoms with van der Waals surface area (Å²) in [5, 5.41) is 2.22. The van der Waals surface area contributed by atoms with Gasteiger partial charge in [-0.1, -0.05) is 126 Å². The maximum Gasteiger partial charge on any atom is 0.135 e. The van der Waals surface area contributed by atoms with E-state index < -0.39 is 0 Å². The molecule has 0 saturated heterocycles. The van der Waals surface area contributed by atoms with Crippen molar-refractivity contribution in [2.24, 2.45) is 0 Å². The van der Waals surface area contributed by atoms with E-state index in [1.807, 2.05) is 36.7 Å². The standard InChI is InChI=1S/C55H46N5O.Pt/c1-54(2,3)39-28-30-56-51(33-39)60-48-24-14-13-23-44(48)45-27-26-43(35-50(45)60)61-42-22-15-21-41(34-42)58-36-59(53-49(58)25-16-29-57-53)52-46(37-17-9-7-10-18-37)31-40(55(4,5)6)32-47(52)38-19-11-8-12-20-38;/h7-33,36H,1-6H3;/q-3;. The number of hydrogen-bond acceptors (Lipinski definition) is 5. The Kier molecular flexibility index (Phi) is 10.6. The van der Waals surface area contributed by atoms with Crippen molar-refractivity contribution in [2.75, 3.05) is 9.80 Å². The van der Waals surface area contributed by atoms with Crippen LogP contribution in [0, 0.1) is 18.8 Å². The minimum Gasteiger partial charge on any atom is -0.509 e. The van der Waals surface area contributed by atoms with E-state index in [0.29, 0.717) is 11.5 Å². The first-order valence-electron chi connectivity index (χ1n) is 20.8. The van der Waals surface area contributed by atoms with Crippen molar-refractivity contribution in [2.45, 2.75) is 52.4 Å². The predicted molar refractivity (Wildman–Crippen MR) is 250 cm³/mol. The number of anilines is 4. The van der Waals surface area contributed by atoms with Gasteiger partial charge in [0.1, 0.15) is 11.6 Å². The van der Waals surface area contributed by atoms with Crippen molar-refractivity contribution in [3.05, 3.63) is 194 Å². The Morgan fingerprint density at radius 3 is 1.90 bits per heavy atom. The largest absolute Gasteiger partial charge is 0.509 e. The van der Waals surface area contributed by atoms with Gasteiger partial charge in [0.25, 0.3) is 0 Å².